The van der Waals surface area contributed by atoms with Crippen molar-refractivity contribution in [1.82, 2.24) is 5.32 Å². The van der Waals surface area contributed by atoms with E-state index in [-0.39, 0.29) is 11.4 Å². The molecule has 0 bridgehead atoms. The van der Waals surface area contributed by atoms with Gasteiger partial charge in [0.1, 0.15) is 5.54 Å². The molecule has 1 amide bonds. The van der Waals surface area contributed by atoms with E-state index < -0.39 is 5.54 Å². The van der Waals surface area contributed by atoms with Crippen molar-refractivity contribution in [2.45, 2.75) is 37.8 Å². The van der Waals surface area contributed by atoms with E-state index in [0.29, 0.717) is 13.2 Å². The molecule has 0 spiro atoms. The highest BCUT2D eigenvalue weighted by Crippen LogP contribution is 2.23. The molecule has 1 unspecified atom stereocenters. The number of hydrogen-bond acceptors (Lipinski definition) is 3. The molecule has 1 aromatic carbocycles. The number of hydrogen-bond donors (Lipinski definition) is 2. The highest BCUT2D eigenvalue weighted by molar-refractivity contribution is 5.87. The van der Waals surface area contributed by atoms with Crippen LogP contribution >= 0.6 is 0 Å². The van der Waals surface area contributed by atoms with Crippen LogP contribution in [0.4, 0.5) is 0 Å². The standard InChI is InChI=1S/C15H22N2O2/c1-14(8-10-19-11-9-14)17-13(18)15(2,16)12-6-4-3-5-7-12/h3-7H,8-11,16H2,1-2H3,(H,17,18). The monoisotopic (exact) mass is 262 g/mol. The SMILES string of the molecule is CC1(NC(=O)C(C)(N)c2ccccc2)CCOCC1. The minimum absolute atomic E-state index is 0.136. The average molecular weight is 262 g/mol. The second-order valence-corrected chi connectivity index (χ2v) is 5.70. The number of benzene rings is 1. The maximum absolute atomic E-state index is 12.5. The Morgan fingerprint density at radius 2 is 1.89 bits per heavy atom. The summed E-state index contributed by atoms with van der Waals surface area (Å²) in [6.45, 7) is 5.17. The van der Waals surface area contributed by atoms with Gasteiger partial charge in [0.05, 0.1) is 0 Å². The first-order valence-corrected chi connectivity index (χ1v) is 6.69. The van der Waals surface area contributed by atoms with E-state index in [4.69, 9.17) is 10.5 Å². The molecule has 4 nitrogen and oxygen atoms in total. The van der Waals surface area contributed by atoms with Gasteiger partial charge in [-0.3, -0.25) is 4.79 Å². The van der Waals surface area contributed by atoms with Gasteiger partial charge in [0.15, 0.2) is 0 Å². The van der Waals surface area contributed by atoms with E-state index in [1.165, 1.54) is 0 Å². The van der Waals surface area contributed by atoms with Gasteiger partial charge in [-0.05, 0) is 32.3 Å². The topological polar surface area (TPSA) is 64.4 Å². The summed E-state index contributed by atoms with van der Waals surface area (Å²) in [7, 11) is 0. The van der Waals surface area contributed by atoms with E-state index in [0.717, 1.165) is 18.4 Å². The molecule has 1 saturated heterocycles. The lowest BCUT2D eigenvalue weighted by atomic mass is 9.88. The second-order valence-electron chi connectivity index (χ2n) is 5.70. The molecule has 1 heterocycles. The van der Waals surface area contributed by atoms with E-state index in [9.17, 15) is 4.79 Å². The summed E-state index contributed by atoms with van der Waals surface area (Å²) in [6, 6.07) is 9.46. The molecule has 104 valence electrons. The van der Waals surface area contributed by atoms with Crippen LogP contribution in [0.2, 0.25) is 0 Å². The summed E-state index contributed by atoms with van der Waals surface area (Å²) in [5, 5.41) is 3.09. The molecule has 0 radical (unpaired) electrons. The number of amides is 1. The van der Waals surface area contributed by atoms with Gasteiger partial charge in [-0.2, -0.15) is 0 Å². The fraction of sp³-hybridized carbons (Fsp3) is 0.533. The predicted octanol–water partition coefficient (Wildman–Crippen LogP) is 1.55. The third-order valence-electron chi connectivity index (χ3n) is 3.86. The lowest BCUT2D eigenvalue weighted by Gasteiger charge is -2.37. The molecule has 1 fully saturated rings. The zero-order valence-corrected chi connectivity index (χ0v) is 11.6. The lowest BCUT2D eigenvalue weighted by molar-refractivity contribution is -0.129. The van der Waals surface area contributed by atoms with Crippen LogP contribution in [0, 0.1) is 0 Å². The van der Waals surface area contributed by atoms with Crippen molar-refractivity contribution < 1.29 is 9.53 Å². The van der Waals surface area contributed by atoms with Gasteiger partial charge in [0.2, 0.25) is 5.91 Å². The van der Waals surface area contributed by atoms with Crippen molar-refractivity contribution in [3.05, 3.63) is 35.9 Å². The molecule has 4 heteroatoms. The first-order valence-electron chi connectivity index (χ1n) is 6.69. The normalized spacial score (nSPS) is 21.4. The summed E-state index contributed by atoms with van der Waals surface area (Å²) in [5.74, 6) is -0.136. The third kappa shape index (κ3) is 3.14. The van der Waals surface area contributed by atoms with Gasteiger partial charge in [0.25, 0.3) is 0 Å². The highest BCUT2D eigenvalue weighted by atomic mass is 16.5. The molecule has 0 saturated carbocycles. The molecule has 1 aliphatic rings. The van der Waals surface area contributed by atoms with Gasteiger partial charge < -0.3 is 15.8 Å². The number of carbonyl (C=O) groups is 1. The van der Waals surface area contributed by atoms with Crippen LogP contribution in [-0.4, -0.2) is 24.7 Å². The van der Waals surface area contributed by atoms with Crippen LogP contribution in [0.5, 0.6) is 0 Å². The second kappa shape index (κ2) is 5.31. The quantitative estimate of drug-likeness (QED) is 0.868. The van der Waals surface area contributed by atoms with Gasteiger partial charge in [0, 0.05) is 18.8 Å². The maximum atomic E-state index is 12.5. The molecule has 3 N–H and O–H groups in total. The van der Waals surface area contributed by atoms with E-state index in [2.05, 4.69) is 12.2 Å². The molecule has 1 atom stereocenters. The minimum atomic E-state index is -1.01. The Kier molecular flexibility index (Phi) is 3.92. The summed E-state index contributed by atoms with van der Waals surface area (Å²) >= 11 is 0. The van der Waals surface area contributed by atoms with Crippen molar-refractivity contribution >= 4 is 5.91 Å². The summed E-state index contributed by atoms with van der Waals surface area (Å²) < 4.78 is 5.33. The van der Waals surface area contributed by atoms with E-state index in [1.54, 1.807) is 6.92 Å². The molecule has 0 aliphatic carbocycles. The number of carbonyl (C=O) groups excluding carboxylic acids is 1. The fourth-order valence-electron chi connectivity index (χ4n) is 2.27. The van der Waals surface area contributed by atoms with Gasteiger partial charge >= 0.3 is 0 Å². The van der Waals surface area contributed by atoms with Crippen molar-refractivity contribution in [2.24, 2.45) is 5.73 Å². The molecule has 19 heavy (non-hydrogen) atoms. The van der Waals surface area contributed by atoms with Crippen molar-refractivity contribution in [3.63, 3.8) is 0 Å². The zero-order chi connectivity index (χ0) is 13.9. The Morgan fingerprint density at radius 3 is 2.47 bits per heavy atom. The first-order chi connectivity index (χ1) is 8.94. The summed E-state index contributed by atoms with van der Waals surface area (Å²) in [5.41, 5.74) is 5.81. The van der Waals surface area contributed by atoms with Crippen LogP contribution in [0.3, 0.4) is 0 Å². The molecular weight excluding hydrogens is 240 g/mol. The summed E-state index contributed by atoms with van der Waals surface area (Å²) in [6.07, 6.45) is 1.65. The number of nitrogens with two attached hydrogens (primary N) is 1. The first kappa shape index (κ1) is 14.0. The molecule has 1 aromatic rings. The van der Waals surface area contributed by atoms with E-state index >= 15 is 0 Å². The van der Waals surface area contributed by atoms with Crippen LogP contribution in [0.15, 0.2) is 30.3 Å². The number of rotatable bonds is 3. The fourth-order valence-corrected chi connectivity index (χ4v) is 2.27. The van der Waals surface area contributed by atoms with Crippen LogP contribution in [0.25, 0.3) is 0 Å². The Bertz CT molecular complexity index is 437. The Labute approximate surface area is 114 Å². The van der Waals surface area contributed by atoms with Crippen LogP contribution in [-0.2, 0) is 15.1 Å². The van der Waals surface area contributed by atoms with Gasteiger partial charge in [-0.25, -0.2) is 0 Å². The molecule has 0 aromatic heterocycles. The van der Waals surface area contributed by atoms with Crippen LogP contribution < -0.4 is 11.1 Å². The molecule has 2 rings (SSSR count). The third-order valence-corrected chi connectivity index (χ3v) is 3.86. The Hall–Kier alpha value is -1.39. The van der Waals surface area contributed by atoms with Crippen molar-refractivity contribution in [3.8, 4) is 0 Å². The van der Waals surface area contributed by atoms with Gasteiger partial charge in [-0.1, -0.05) is 30.3 Å². The lowest BCUT2D eigenvalue weighted by Crippen LogP contribution is -2.57. The zero-order valence-electron chi connectivity index (χ0n) is 11.6. The van der Waals surface area contributed by atoms with E-state index in [1.807, 2.05) is 30.3 Å². The number of ether oxygens (including phenoxy) is 1. The number of nitrogens with one attached hydrogen (secondary N) is 1. The largest absolute Gasteiger partial charge is 0.381 e. The molecular formula is C15H22N2O2. The predicted molar refractivity (Wildman–Crippen MR) is 74.6 cm³/mol. The average Bonchev–Trinajstić information content (AvgIpc) is 2.40. The minimum Gasteiger partial charge on any atom is -0.381 e. The Balaban J connectivity index is 2.10. The van der Waals surface area contributed by atoms with Crippen molar-refractivity contribution in [1.29, 1.82) is 0 Å². The highest BCUT2D eigenvalue weighted by Gasteiger charge is 2.36. The molecule has 1 aliphatic heterocycles. The maximum Gasteiger partial charge on any atom is 0.244 e. The smallest absolute Gasteiger partial charge is 0.244 e. The van der Waals surface area contributed by atoms with Crippen molar-refractivity contribution in [2.75, 3.05) is 13.2 Å². The summed E-state index contributed by atoms with van der Waals surface area (Å²) in [4.78, 5) is 12.5. The Morgan fingerprint density at radius 1 is 1.32 bits per heavy atom. The van der Waals surface area contributed by atoms with Gasteiger partial charge in [-0.15, -0.1) is 0 Å². The van der Waals surface area contributed by atoms with Crippen LogP contribution in [0.1, 0.15) is 32.3 Å².